The quantitative estimate of drug-likeness (QED) is 0.873. The summed E-state index contributed by atoms with van der Waals surface area (Å²) in [5, 5.41) is 2.48. The molecule has 4 nitrogen and oxygen atoms in total. The number of amides is 1. The molecule has 0 bridgehead atoms. The van der Waals surface area contributed by atoms with Gasteiger partial charge in [0.1, 0.15) is 11.8 Å². The predicted molar refractivity (Wildman–Crippen MR) is 68.2 cm³/mol. The molecule has 1 rings (SSSR count). The summed E-state index contributed by atoms with van der Waals surface area (Å²) in [5.41, 5.74) is 5.67. The second-order valence-corrected chi connectivity index (χ2v) is 4.41. The van der Waals surface area contributed by atoms with Gasteiger partial charge in [-0.05, 0) is 24.6 Å². The minimum atomic E-state index is -4.57. The van der Waals surface area contributed by atoms with Gasteiger partial charge in [0, 0.05) is 0 Å². The third-order valence-electron chi connectivity index (χ3n) is 2.82. The van der Waals surface area contributed by atoms with Gasteiger partial charge in [-0.1, -0.05) is 12.1 Å². The molecule has 0 saturated heterocycles. The Bertz CT molecular complexity index is 446. The summed E-state index contributed by atoms with van der Waals surface area (Å²) >= 11 is 0. The lowest BCUT2D eigenvalue weighted by molar-refractivity contribution is -0.154. The van der Waals surface area contributed by atoms with Gasteiger partial charge in [-0.3, -0.25) is 4.79 Å². The van der Waals surface area contributed by atoms with Crippen LogP contribution in [-0.2, 0) is 4.79 Å². The fourth-order valence-corrected chi connectivity index (χ4v) is 1.59. The van der Waals surface area contributed by atoms with Crippen LogP contribution in [-0.4, -0.2) is 25.2 Å². The van der Waals surface area contributed by atoms with Crippen LogP contribution >= 0.6 is 0 Å². The number of hydrogen-bond acceptors (Lipinski definition) is 3. The number of alkyl halides is 3. The van der Waals surface area contributed by atoms with Crippen molar-refractivity contribution < 1.29 is 22.7 Å². The maximum absolute atomic E-state index is 12.2. The number of rotatable bonds is 5. The fraction of sp³-hybridized carbons (Fsp3) is 0.462. The van der Waals surface area contributed by atoms with Crippen molar-refractivity contribution >= 4 is 5.91 Å². The van der Waals surface area contributed by atoms with E-state index >= 15 is 0 Å². The zero-order chi connectivity index (χ0) is 15.3. The van der Waals surface area contributed by atoms with Gasteiger partial charge in [0.25, 0.3) is 0 Å². The van der Waals surface area contributed by atoms with Crippen LogP contribution in [0.1, 0.15) is 24.9 Å². The van der Waals surface area contributed by atoms with Crippen LogP contribution in [0.2, 0.25) is 0 Å². The Hall–Kier alpha value is -1.76. The van der Waals surface area contributed by atoms with Crippen molar-refractivity contribution in [3.63, 3.8) is 0 Å². The summed E-state index contributed by atoms with van der Waals surface area (Å²) < 4.78 is 41.7. The van der Waals surface area contributed by atoms with Crippen molar-refractivity contribution in [2.75, 3.05) is 7.11 Å². The first-order valence-electron chi connectivity index (χ1n) is 5.99. The molecule has 0 aliphatic rings. The Labute approximate surface area is 115 Å². The summed E-state index contributed by atoms with van der Waals surface area (Å²) in [6.07, 6.45) is -5.36. The van der Waals surface area contributed by atoms with Crippen LogP contribution < -0.4 is 15.8 Å². The first kappa shape index (κ1) is 16.3. The average molecular weight is 290 g/mol. The molecule has 0 heterocycles. The highest BCUT2D eigenvalue weighted by Gasteiger charge is 2.38. The second kappa shape index (κ2) is 6.60. The van der Waals surface area contributed by atoms with Crippen LogP contribution in [0.4, 0.5) is 13.2 Å². The average Bonchev–Trinajstić information content (AvgIpc) is 2.37. The van der Waals surface area contributed by atoms with Gasteiger partial charge < -0.3 is 15.8 Å². The van der Waals surface area contributed by atoms with Gasteiger partial charge in [0.05, 0.1) is 19.6 Å². The first-order chi connectivity index (χ1) is 9.24. The standard InChI is InChI=1S/C13H17F3N2O2/c1-8(9-3-5-10(20-2)6-4-9)18-12(19)7-11(17)13(14,15)16/h3-6,8,11H,7,17H2,1-2H3,(H,18,19)/t8-,11-/m0/s1. The number of ether oxygens (including phenoxy) is 1. The molecule has 20 heavy (non-hydrogen) atoms. The number of benzene rings is 1. The third kappa shape index (κ3) is 4.73. The molecule has 1 amide bonds. The number of nitrogens with two attached hydrogens (primary N) is 1. The molecule has 3 N–H and O–H groups in total. The van der Waals surface area contributed by atoms with E-state index in [1.807, 2.05) is 0 Å². The summed E-state index contributed by atoms with van der Waals surface area (Å²) in [7, 11) is 1.53. The highest BCUT2D eigenvalue weighted by molar-refractivity contribution is 5.77. The van der Waals surface area contributed by atoms with Crippen molar-refractivity contribution in [3.05, 3.63) is 29.8 Å². The Balaban J connectivity index is 2.56. The van der Waals surface area contributed by atoms with Crippen molar-refractivity contribution in [1.82, 2.24) is 5.32 Å². The topological polar surface area (TPSA) is 64.3 Å². The molecular formula is C13H17F3N2O2. The van der Waals surface area contributed by atoms with Gasteiger partial charge in [-0.2, -0.15) is 13.2 Å². The smallest absolute Gasteiger partial charge is 0.404 e. The summed E-state index contributed by atoms with van der Waals surface area (Å²) in [6, 6.07) is 4.32. The molecule has 112 valence electrons. The van der Waals surface area contributed by atoms with Crippen LogP contribution in [0.5, 0.6) is 5.75 Å². The van der Waals surface area contributed by atoms with E-state index in [1.54, 1.807) is 31.2 Å². The van der Waals surface area contributed by atoms with E-state index in [9.17, 15) is 18.0 Å². The molecule has 0 aliphatic carbocycles. The molecule has 7 heteroatoms. The Morgan fingerprint density at radius 3 is 2.35 bits per heavy atom. The van der Waals surface area contributed by atoms with Crippen LogP contribution in [0.25, 0.3) is 0 Å². The largest absolute Gasteiger partial charge is 0.497 e. The van der Waals surface area contributed by atoms with E-state index in [1.165, 1.54) is 7.11 Å². The van der Waals surface area contributed by atoms with E-state index in [0.717, 1.165) is 5.56 Å². The minimum Gasteiger partial charge on any atom is -0.497 e. The molecule has 0 aliphatic heterocycles. The lowest BCUT2D eigenvalue weighted by Crippen LogP contribution is -2.42. The summed E-state index contributed by atoms with van der Waals surface area (Å²) in [4.78, 5) is 11.5. The summed E-state index contributed by atoms with van der Waals surface area (Å²) in [6.45, 7) is 1.68. The third-order valence-corrected chi connectivity index (χ3v) is 2.82. The minimum absolute atomic E-state index is 0.408. The highest BCUT2D eigenvalue weighted by atomic mass is 19.4. The predicted octanol–water partition coefficient (Wildman–Crippen LogP) is 2.15. The maximum Gasteiger partial charge on any atom is 0.404 e. The van der Waals surface area contributed by atoms with Crippen LogP contribution in [0.3, 0.4) is 0 Å². The van der Waals surface area contributed by atoms with Crippen LogP contribution in [0.15, 0.2) is 24.3 Å². The van der Waals surface area contributed by atoms with Crippen molar-refractivity contribution in [2.24, 2.45) is 5.73 Å². The lowest BCUT2D eigenvalue weighted by Gasteiger charge is -2.18. The number of carbonyl (C=O) groups excluding carboxylic acids is 1. The molecule has 0 spiro atoms. The molecule has 1 aromatic carbocycles. The van der Waals surface area contributed by atoms with Crippen molar-refractivity contribution in [2.45, 2.75) is 31.6 Å². The van der Waals surface area contributed by atoms with Crippen LogP contribution in [0, 0.1) is 0 Å². The van der Waals surface area contributed by atoms with Crippen molar-refractivity contribution in [3.8, 4) is 5.75 Å². The van der Waals surface area contributed by atoms with Gasteiger partial charge in [-0.15, -0.1) is 0 Å². The van der Waals surface area contributed by atoms with Gasteiger partial charge in [0.15, 0.2) is 0 Å². The lowest BCUT2D eigenvalue weighted by atomic mass is 10.1. The number of hydrogen-bond donors (Lipinski definition) is 2. The maximum atomic E-state index is 12.2. The molecule has 0 aromatic heterocycles. The molecule has 0 radical (unpaired) electrons. The van der Waals surface area contributed by atoms with E-state index in [4.69, 9.17) is 10.5 Å². The normalized spacial score (nSPS) is 14.5. The molecule has 0 unspecified atom stereocenters. The van der Waals surface area contributed by atoms with E-state index < -0.39 is 30.6 Å². The van der Waals surface area contributed by atoms with Gasteiger partial charge in [-0.25, -0.2) is 0 Å². The van der Waals surface area contributed by atoms with Gasteiger partial charge in [0.2, 0.25) is 5.91 Å². The number of nitrogens with one attached hydrogen (secondary N) is 1. The zero-order valence-corrected chi connectivity index (χ0v) is 11.2. The van der Waals surface area contributed by atoms with E-state index in [-0.39, 0.29) is 0 Å². The molecule has 0 fully saturated rings. The molecule has 0 saturated carbocycles. The van der Waals surface area contributed by atoms with Crippen molar-refractivity contribution in [1.29, 1.82) is 0 Å². The van der Waals surface area contributed by atoms with E-state index in [0.29, 0.717) is 5.75 Å². The number of halogens is 3. The fourth-order valence-electron chi connectivity index (χ4n) is 1.59. The SMILES string of the molecule is COc1ccc([C@H](C)NC(=O)C[C@H](N)C(F)(F)F)cc1. The molecule has 1 aromatic rings. The monoisotopic (exact) mass is 290 g/mol. The first-order valence-corrected chi connectivity index (χ1v) is 5.99. The Kier molecular flexibility index (Phi) is 5.38. The Morgan fingerprint density at radius 2 is 1.90 bits per heavy atom. The molecular weight excluding hydrogens is 273 g/mol. The summed E-state index contributed by atoms with van der Waals surface area (Å²) in [5.74, 6) is -0.0792. The number of methoxy groups -OCH3 is 1. The Morgan fingerprint density at radius 1 is 1.35 bits per heavy atom. The number of carbonyl (C=O) groups is 1. The molecule has 2 atom stereocenters. The zero-order valence-electron chi connectivity index (χ0n) is 11.2. The second-order valence-electron chi connectivity index (χ2n) is 4.41. The van der Waals surface area contributed by atoms with E-state index in [2.05, 4.69) is 5.32 Å². The van der Waals surface area contributed by atoms with Gasteiger partial charge >= 0.3 is 6.18 Å². The highest BCUT2D eigenvalue weighted by Crippen LogP contribution is 2.21.